The van der Waals surface area contributed by atoms with Gasteiger partial charge in [-0.15, -0.1) is 0 Å². The summed E-state index contributed by atoms with van der Waals surface area (Å²) in [6.45, 7) is 0.610. The summed E-state index contributed by atoms with van der Waals surface area (Å²) in [5.74, 6) is -1.66. The predicted molar refractivity (Wildman–Crippen MR) is 78.1 cm³/mol. The third-order valence-electron chi connectivity index (χ3n) is 2.92. The van der Waals surface area contributed by atoms with Gasteiger partial charge in [-0.25, -0.2) is 8.42 Å². The predicted octanol–water partition coefficient (Wildman–Crippen LogP) is 0.760. The smallest absolute Gasteiger partial charge is 0.322 e. The van der Waals surface area contributed by atoms with E-state index in [2.05, 4.69) is 0 Å². The molecular weight excluding hydrogens is 296 g/mol. The number of aliphatic carboxylic acids is 1. The van der Waals surface area contributed by atoms with Gasteiger partial charge in [-0.05, 0) is 12.0 Å². The molecular formula is C14H20O6S. The lowest BCUT2D eigenvalue weighted by atomic mass is 10.1. The van der Waals surface area contributed by atoms with Crippen LogP contribution >= 0.6 is 0 Å². The minimum Gasteiger partial charge on any atom is -0.480 e. The van der Waals surface area contributed by atoms with Crippen molar-refractivity contribution in [1.82, 2.24) is 0 Å². The van der Waals surface area contributed by atoms with Crippen LogP contribution in [0.1, 0.15) is 5.56 Å². The topological polar surface area (TPSA) is 89.9 Å². The van der Waals surface area contributed by atoms with Crippen LogP contribution in [0.5, 0.6) is 0 Å². The normalized spacial score (nSPS) is 13.0. The molecule has 1 N–H and O–H groups in total. The molecule has 0 aliphatic carbocycles. The van der Waals surface area contributed by atoms with Crippen LogP contribution in [0.15, 0.2) is 30.3 Å². The third-order valence-corrected chi connectivity index (χ3v) is 4.89. The SMILES string of the molecule is COCCOCCS(=O)(=O)C(Cc1ccccc1)C(=O)O. The van der Waals surface area contributed by atoms with Crippen molar-refractivity contribution in [2.24, 2.45) is 0 Å². The standard InChI is InChI=1S/C14H20O6S/c1-19-7-8-20-9-10-21(17,18)13(14(15)16)11-12-5-3-2-4-6-12/h2-6,13H,7-11H2,1H3,(H,15,16). The molecule has 0 spiro atoms. The zero-order chi connectivity index (χ0) is 15.7. The van der Waals surface area contributed by atoms with Crippen LogP contribution in [0.2, 0.25) is 0 Å². The van der Waals surface area contributed by atoms with E-state index in [0.29, 0.717) is 12.2 Å². The van der Waals surface area contributed by atoms with E-state index in [4.69, 9.17) is 9.47 Å². The Morgan fingerprint density at radius 3 is 2.43 bits per heavy atom. The van der Waals surface area contributed by atoms with E-state index in [1.54, 1.807) is 30.3 Å². The largest absolute Gasteiger partial charge is 0.480 e. The van der Waals surface area contributed by atoms with Crippen LogP contribution in [-0.4, -0.2) is 57.4 Å². The van der Waals surface area contributed by atoms with Gasteiger partial charge in [-0.3, -0.25) is 4.79 Å². The molecule has 118 valence electrons. The van der Waals surface area contributed by atoms with Gasteiger partial charge in [-0.1, -0.05) is 30.3 Å². The van der Waals surface area contributed by atoms with Gasteiger partial charge < -0.3 is 14.6 Å². The number of methoxy groups -OCH3 is 1. The maximum Gasteiger partial charge on any atom is 0.322 e. The van der Waals surface area contributed by atoms with E-state index in [1.165, 1.54) is 7.11 Å². The summed E-state index contributed by atoms with van der Waals surface area (Å²) in [7, 11) is -2.26. The zero-order valence-electron chi connectivity index (χ0n) is 11.9. The molecule has 1 unspecified atom stereocenters. The number of hydrogen-bond acceptors (Lipinski definition) is 5. The summed E-state index contributed by atoms with van der Waals surface area (Å²) in [4.78, 5) is 11.2. The number of carboxylic acid groups (broad SMARTS) is 1. The lowest BCUT2D eigenvalue weighted by Gasteiger charge is -2.14. The monoisotopic (exact) mass is 316 g/mol. The molecule has 0 heterocycles. The van der Waals surface area contributed by atoms with Crippen molar-refractivity contribution in [3.8, 4) is 0 Å². The Bertz CT molecular complexity index is 526. The molecule has 0 aliphatic heterocycles. The third kappa shape index (κ3) is 6.24. The summed E-state index contributed by atoms with van der Waals surface area (Å²) in [6, 6.07) is 8.70. The van der Waals surface area contributed by atoms with Crippen molar-refractivity contribution in [1.29, 1.82) is 0 Å². The number of hydrogen-bond donors (Lipinski definition) is 1. The van der Waals surface area contributed by atoms with Crippen LogP contribution in [0.4, 0.5) is 0 Å². The van der Waals surface area contributed by atoms with Crippen LogP contribution in [-0.2, 0) is 30.5 Å². The van der Waals surface area contributed by atoms with Crippen molar-refractivity contribution in [3.63, 3.8) is 0 Å². The first-order chi connectivity index (χ1) is 9.97. The van der Waals surface area contributed by atoms with E-state index < -0.39 is 21.1 Å². The van der Waals surface area contributed by atoms with E-state index in [1.807, 2.05) is 0 Å². The van der Waals surface area contributed by atoms with Gasteiger partial charge in [0.15, 0.2) is 15.1 Å². The molecule has 1 atom stereocenters. The van der Waals surface area contributed by atoms with Crippen LogP contribution in [0.3, 0.4) is 0 Å². The quantitative estimate of drug-likeness (QED) is 0.641. The Labute approximate surface area is 124 Å². The van der Waals surface area contributed by atoms with E-state index in [0.717, 1.165) is 0 Å². The number of sulfone groups is 1. The van der Waals surface area contributed by atoms with Crippen molar-refractivity contribution < 1.29 is 27.8 Å². The molecule has 0 radical (unpaired) electrons. The summed E-state index contributed by atoms with van der Waals surface area (Å²) in [5, 5.41) is 7.72. The minimum atomic E-state index is -3.77. The Kier molecular flexibility index (Phi) is 7.35. The lowest BCUT2D eigenvalue weighted by molar-refractivity contribution is -0.136. The molecule has 0 saturated heterocycles. The molecule has 0 saturated carbocycles. The van der Waals surface area contributed by atoms with Crippen molar-refractivity contribution in [2.45, 2.75) is 11.7 Å². The second kappa shape index (κ2) is 8.76. The van der Waals surface area contributed by atoms with Gasteiger partial charge in [0, 0.05) is 7.11 Å². The number of carboxylic acids is 1. The highest BCUT2D eigenvalue weighted by Gasteiger charge is 2.32. The zero-order valence-corrected chi connectivity index (χ0v) is 12.7. The fraction of sp³-hybridized carbons (Fsp3) is 0.500. The second-order valence-corrected chi connectivity index (χ2v) is 6.79. The Hall–Kier alpha value is -1.44. The van der Waals surface area contributed by atoms with E-state index >= 15 is 0 Å². The van der Waals surface area contributed by atoms with Gasteiger partial charge >= 0.3 is 5.97 Å². The molecule has 7 heteroatoms. The molecule has 21 heavy (non-hydrogen) atoms. The van der Waals surface area contributed by atoms with Crippen LogP contribution in [0.25, 0.3) is 0 Å². The molecule has 6 nitrogen and oxygen atoms in total. The van der Waals surface area contributed by atoms with Gasteiger partial charge in [0.2, 0.25) is 0 Å². The molecule has 1 aromatic carbocycles. The highest BCUT2D eigenvalue weighted by Crippen LogP contribution is 2.12. The van der Waals surface area contributed by atoms with Gasteiger partial charge in [0.1, 0.15) is 0 Å². The number of rotatable bonds is 10. The van der Waals surface area contributed by atoms with E-state index in [-0.39, 0.29) is 25.4 Å². The van der Waals surface area contributed by atoms with Crippen molar-refractivity contribution in [3.05, 3.63) is 35.9 Å². The van der Waals surface area contributed by atoms with Crippen LogP contribution in [0, 0.1) is 0 Å². The average Bonchev–Trinajstić information content (AvgIpc) is 2.45. The van der Waals surface area contributed by atoms with Crippen LogP contribution < -0.4 is 0 Å². The molecule has 0 aromatic heterocycles. The first-order valence-electron chi connectivity index (χ1n) is 6.52. The molecule has 0 fully saturated rings. The summed E-state index contributed by atoms with van der Waals surface area (Å²) in [5.41, 5.74) is 0.675. The van der Waals surface area contributed by atoms with Crippen molar-refractivity contribution in [2.75, 3.05) is 32.7 Å². The molecule has 1 aromatic rings. The number of carbonyl (C=O) groups is 1. The first-order valence-corrected chi connectivity index (χ1v) is 8.24. The summed E-state index contributed by atoms with van der Waals surface area (Å²) in [6.07, 6.45) is -0.0451. The molecule has 0 amide bonds. The minimum absolute atomic E-state index is 0.0374. The molecule has 0 aliphatic rings. The summed E-state index contributed by atoms with van der Waals surface area (Å²) >= 11 is 0. The fourth-order valence-corrected chi connectivity index (χ4v) is 3.15. The lowest BCUT2D eigenvalue weighted by Crippen LogP contribution is -2.35. The van der Waals surface area contributed by atoms with Gasteiger partial charge in [-0.2, -0.15) is 0 Å². The second-order valence-electron chi connectivity index (χ2n) is 4.49. The summed E-state index contributed by atoms with van der Waals surface area (Å²) < 4.78 is 34.1. The Morgan fingerprint density at radius 1 is 1.19 bits per heavy atom. The first kappa shape index (κ1) is 17.6. The maximum absolute atomic E-state index is 12.1. The molecule has 1 rings (SSSR count). The van der Waals surface area contributed by atoms with Gasteiger partial charge in [0.05, 0.1) is 25.6 Å². The van der Waals surface area contributed by atoms with Gasteiger partial charge in [0.25, 0.3) is 0 Å². The number of ether oxygens (including phenoxy) is 2. The highest BCUT2D eigenvalue weighted by atomic mass is 32.2. The average molecular weight is 316 g/mol. The Morgan fingerprint density at radius 2 is 1.86 bits per heavy atom. The van der Waals surface area contributed by atoms with E-state index in [9.17, 15) is 18.3 Å². The highest BCUT2D eigenvalue weighted by molar-refractivity contribution is 7.92. The molecule has 0 bridgehead atoms. The number of benzene rings is 1. The fourth-order valence-electron chi connectivity index (χ4n) is 1.76. The Balaban J connectivity index is 2.64. The maximum atomic E-state index is 12.1. The van der Waals surface area contributed by atoms with Crippen molar-refractivity contribution >= 4 is 15.8 Å².